The quantitative estimate of drug-likeness (QED) is 0.334. The topological polar surface area (TPSA) is 111 Å². The lowest BCUT2D eigenvalue weighted by atomic mass is 10.0. The molecule has 1 saturated heterocycles. The molecule has 0 unspecified atom stereocenters. The third kappa shape index (κ3) is 5.53. The van der Waals surface area contributed by atoms with Gasteiger partial charge in [0.1, 0.15) is 18.1 Å². The molecule has 212 valence electrons. The first kappa shape index (κ1) is 26.6. The number of fused-ring (bicyclic) bond motifs is 2. The monoisotopic (exact) mass is 556 g/mol. The Labute approximate surface area is 237 Å². The van der Waals surface area contributed by atoms with Crippen LogP contribution in [0, 0.1) is 0 Å². The summed E-state index contributed by atoms with van der Waals surface area (Å²) in [5.74, 6) is 0.437. The van der Waals surface area contributed by atoms with Crippen molar-refractivity contribution < 1.29 is 23.8 Å². The van der Waals surface area contributed by atoms with Crippen molar-refractivity contribution in [3.8, 4) is 11.5 Å². The van der Waals surface area contributed by atoms with Crippen molar-refractivity contribution in [2.75, 3.05) is 43.8 Å². The Kier molecular flexibility index (Phi) is 7.43. The number of benzene rings is 3. The summed E-state index contributed by atoms with van der Waals surface area (Å²) in [6.07, 6.45) is 1.79. The Morgan fingerprint density at radius 1 is 1.02 bits per heavy atom. The van der Waals surface area contributed by atoms with E-state index in [9.17, 15) is 9.59 Å². The summed E-state index contributed by atoms with van der Waals surface area (Å²) in [6, 6.07) is 19.3. The molecule has 1 N–H and O–H groups in total. The van der Waals surface area contributed by atoms with Crippen LogP contribution in [-0.2, 0) is 20.9 Å². The first-order valence-corrected chi connectivity index (χ1v) is 13.6. The van der Waals surface area contributed by atoms with Crippen molar-refractivity contribution in [1.29, 1.82) is 0 Å². The van der Waals surface area contributed by atoms with E-state index in [0.29, 0.717) is 41.4 Å². The van der Waals surface area contributed by atoms with Crippen LogP contribution in [0.5, 0.6) is 11.5 Å². The zero-order valence-electron chi connectivity index (χ0n) is 23.0. The maximum atomic E-state index is 14.3. The molecular formula is C30H32N6O5. The van der Waals surface area contributed by atoms with E-state index >= 15 is 0 Å². The standard InChI is InChI=1S/C30H32N6O5/c1-34(2)21-11-9-20(10-12-21)29(30(38)31-17-23-6-5-15-39-23)36(22-13-14-26-27(16-22)41-19-40-26)28(37)18-35-25-8-4-3-7-24(25)32-33-35/h3-4,7-14,16,23,29H,5-6,15,17-19H2,1-2H3,(H,31,38)/t23-,29-/m0/s1. The Balaban J connectivity index is 1.40. The van der Waals surface area contributed by atoms with Crippen LogP contribution in [0.2, 0.25) is 0 Å². The molecule has 3 heterocycles. The number of carbonyl (C=O) groups is 2. The van der Waals surface area contributed by atoms with Gasteiger partial charge in [-0.15, -0.1) is 5.10 Å². The summed E-state index contributed by atoms with van der Waals surface area (Å²) < 4.78 is 18.4. The lowest BCUT2D eigenvalue weighted by molar-refractivity contribution is -0.127. The molecule has 2 aliphatic heterocycles. The van der Waals surface area contributed by atoms with E-state index in [1.165, 1.54) is 4.90 Å². The van der Waals surface area contributed by atoms with Crippen molar-refractivity contribution in [3.05, 3.63) is 72.3 Å². The molecule has 6 rings (SSSR count). The molecule has 11 heteroatoms. The van der Waals surface area contributed by atoms with Gasteiger partial charge in [0.05, 0.1) is 11.6 Å². The van der Waals surface area contributed by atoms with Crippen LogP contribution in [0.3, 0.4) is 0 Å². The summed E-state index contributed by atoms with van der Waals surface area (Å²) in [7, 11) is 3.90. The van der Waals surface area contributed by atoms with Gasteiger partial charge in [0.2, 0.25) is 18.6 Å². The Morgan fingerprint density at radius 2 is 1.80 bits per heavy atom. The van der Waals surface area contributed by atoms with Crippen LogP contribution in [0.15, 0.2) is 66.7 Å². The van der Waals surface area contributed by atoms with E-state index in [2.05, 4.69) is 15.6 Å². The Morgan fingerprint density at radius 3 is 2.59 bits per heavy atom. The molecule has 41 heavy (non-hydrogen) atoms. The zero-order valence-corrected chi connectivity index (χ0v) is 23.0. The second kappa shape index (κ2) is 11.5. The second-order valence-electron chi connectivity index (χ2n) is 10.3. The fourth-order valence-electron chi connectivity index (χ4n) is 5.20. The third-order valence-corrected chi connectivity index (χ3v) is 7.37. The van der Waals surface area contributed by atoms with Gasteiger partial charge in [0.25, 0.3) is 0 Å². The highest BCUT2D eigenvalue weighted by atomic mass is 16.7. The fourth-order valence-corrected chi connectivity index (χ4v) is 5.20. The number of amides is 2. The number of aromatic nitrogens is 3. The predicted molar refractivity (Wildman–Crippen MR) is 153 cm³/mol. The minimum absolute atomic E-state index is 0.0491. The second-order valence-corrected chi connectivity index (χ2v) is 10.3. The van der Waals surface area contributed by atoms with E-state index in [4.69, 9.17) is 14.2 Å². The molecule has 0 aliphatic carbocycles. The number of ether oxygens (including phenoxy) is 3. The number of hydrogen-bond acceptors (Lipinski definition) is 8. The number of nitrogens with zero attached hydrogens (tertiary/aromatic N) is 5. The number of carbonyl (C=O) groups excluding carboxylic acids is 2. The van der Waals surface area contributed by atoms with E-state index in [0.717, 1.165) is 24.0 Å². The maximum absolute atomic E-state index is 14.3. The minimum Gasteiger partial charge on any atom is -0.454 e. The first-order valence-electron chi connectivity index (χ1n) is 13.6. The van der Waals surface area contributed by atoms with E-state index in [1.807, 2.05) is 67.5 Å². The van der Waals surface area contributed by atoms with Gasteiger partial charge in [-0.05, 0) is 54.8 Å². The van der Waals surface area contributed by atoms with Crippen LogP contribution in [0.25, 0.3) is 11.0 Å². The lowest BCUT2D eigenvalue weighted by Crippen LogP contribution is -2.46. The maximum Gasteiger partial charge on any atom is 0.249 e. The smallest absolute Gasteiger partial charge is 0.249 e. The fraction of sp³-hybridized carbons (Fsp3) is 0.333. The average Bonchev–Trinajstić information content (AvgIpc) is 3.76. The van der Waals surface area contributed by atoms with Crippen LogP contribution < -0.4 is 24.6 Å². The molecule has 2 amide bonds. The van der Waals surface area contributed by atoms with Gasteiger partial charge in [-0.1, -0.05) is 29.5 Å². The van der Waals surface area contributed by atoms with Crippen LogP contribution >= 0.6 is 0 Å². The van der Waals surface area contributed by atoms with Crippen LogP contribution in [-0.4, -0.2) is 67.0 Å². The van der Waals surface area contributed by atoms with Gasteiger partial charge >= 0.3 is 0 Å². The Bertz CT molecular complexity index is 1550. The van der Waals surface area contributed by atoms with Crippen molar-refractivity contribution in [2.45, 2.75) is 31.5 Å². The molecule has 0 saturated carbocycles. The first-order chi connectivity index (χ1) is 20.0. The number of para-hydroxylation sites is 1. The highest BCUT2D eigenvalue weighted by molar-refractivity contribution is 6.02. The number of anilines is 2. The summed E-state index contributed by atoms with van der Waals surface area (Å²) >= 11 is 0. The molecule has 2 aliphatic rings. The van der Waals surface area contributed by atoms with E-state index < -0.39 is 6.04 Å². The molecule has 1 fully saturated rings. The molecule has 0 spiro atoms. The third-order valence-electron chi connectivity index (χ3n) is 7.37. The molecule has 0 bridgehead atoms. The van der Waals surface area contributed by atoms with E-state index in [1.54, 1.807) is 22.9 Å². The number of hydrogen-bond donors (Lipinski definition) is 1. The molecule has 1 aromatic heterocycles. The molecule has 4 aromatic rings. The molecule has 2 atom stereocenters. The highest BCUT2D eigenvalue weighted by Gasteiger charge is 2.35. The lowest BCUT2D eigenvalue weighted by Gasteiger charge is -2.32. The van der Waals surface area contributed by atoms with Gasteiger partial charge in [-0.3, -0.25) is 14.5 Å². The average molecular weight is 557 g/mol. The predicted octanol–water partition coefficient (Wildman–Crippen LogP) is 3.30. The Hall–Kier alpha value is -4.64. The van der Waals surface area contributed by atoms with E-state index in [-0.39, 0.29) is 31.3 Å². The molecule has 11 nitrogen and oxygen atoms in total. The molecule has 0 radical (unpaired) electrons. The molecular weight excluding hydrogens is 524 g/mol. The van der Waals surface area contributed by atoms with Gasteiger partial charge in [0.15, 0.2) is 11.5 Å². The normalized spacial score (nSPS) is 16.5. The summed E-state index contributed by atoms with van der Waals surface area (Å²) in [5, 5.41) is 11.5. The summed E-state index contributed by atoms with van der Waals surface area (Å²) in [6.45, 7) is 1.01. The van der Waals surface area contributed by atoms with Crippen molar-refractivity contribution in [1.82, 2.24) is 20.3 Å². The summed E-state index contributed by atoms with van der Waals surface area (Å²) in [4.78, 5) is 31.8. The van der Waals surface area contributed by atoms with Crippen molar-refractivity contribution >= 4 is 34.2 Å². The number of nitrogens with one attached hydrogen (secondary N) is 1. The minimum atomic E-state index is -0.977. The summed E-state index contributed by atoms with van der Waals surface area (Å²) in [5.41, 5.74) is 3.54. The van der Waals surface area contributed by atoms with Gasteiger partial charge in [0, 0.05) is 44.7 Å². The largest absolute Gasteiger partial charge is 0.454 e. The zero-order chi connectivity index (χ0) is 28.3. The van der Waals surface area contributed by atoms with Crippen molar-refractivity contribution in [3.63, 3.8) is 0 Å². The number of rotatable bonds is 9. The highest BCUT2D eigenvalue weighted by Crippen LogP contribution is 2.38. The van der Waals surface area contributed by atoms with Crippen molar-refractivity contribution in [2.24, 2.45) is 0 Å². The molecule has 3 aromatic carbocycles. The van der Waals surface area contributed by atoms with Crippen LogP contribution in [0.1, 0.15) is 24.4 Å². The van der Waals surface area contributed by atoms with Gasteiger partial charge < -0.3 is 24.4 Å². The van der Waals surface area contributed by atoms with Gasteiger partial charge in [-0.2, -0.15) is 0 Å². The van der Waals surface area contributed by atoms with Gasteiger partial charge in [-0.25, -0.2) is 4.68 Å². The van der Waals surface area contributed by atoms with Crippen LogP contribution in [0.4, 0.5) is 11.4 Å². The SMILES string of the molecule is CN(C)c1ccc([C@@H](C(=O)NC[C@@H]2CCCO2)N(C(=O)Cn2nnc3ccccc32)c2ccc3c(c2)OCO3)cc1.